The van der Waals surface area contributed by atoms with E-state index in [0.717, 1.165) is 12.1 Å². The van der Waals surface area contributed by atoms with Crippen LogP contribution in [0.4, 0.5) is 0 Å². The first-order valence-corrected chi connectivity index (χ1v) is 4.15. The van der Waals surface area contributed by atoms with E-state index in [9.17, 15) is 0 Å². The van der Waals surface area contributed by atoms with Gasteiger partial charge in [0.15, 0.2) is 0 Å². The summed E-state index contributed by atoms with van der Waals surface area (Å²) in [6.45, 7) is 0. The van der Waals surface area contributed by atoms with Gasteiger partial charge in [-0.1, -0.05) is 6.07 Å². The quantitative estimate of drug-likeness (QED) is 0.685. The monoisotopic (exact) mass is 169 g/mol. The molecule has 2 aromatic rings. The van der Waals surface area contributed by atoms with E-state index in [4.69, 9.17) is 0 Å². The summed E-state index contributed by atoms with van der Waals surface area (Å²) in [5.41, 5.74) is 2.20. The maximum absolute atomic E-state index is 4.21. The molecule has 0 saturated heterocycles. The van der Waals surface area contributed by atoms with Gasteiger partial charge < -0.3 is 0 Å². The predicted molar refractivity (Wildman–Crippen MR) is 50.1 cm³/mol. The number of nitrogens with zero attached hydrogens (tertiary/aromatic N) is 2. The van der Waals surface area contributed by atoms with E-state index in [0.29, 0.717) is 0 Å². The largest absolute Gasteiger partial charge is 0.264 e. The highest BCUT2D eigenvalue weighted by molar-refractivity contribution is 5.17. The van der Waals surface area contributed by atoms with E-state index < -0.39 is 0 Å². The van der Waals surface area contributed by atoms with Crippen molar-refractivity contribution in [2.75, 3.05) is 0 Å². The minimum atomic E-state index is 0.825. The minimum absolute atomic E-state index is 0.825. The molecule has 0 bridgehead atoms. The van der Waals surface area contributed by atoms with Crippen LogP contribution < -0.4 is 0 Å². The number of hydrogen-bond acceptors (Lipinski definition) is 2. The van der Waals surface area contributed by atoms with Crippen molar-refractivity contribution in [3.8, 4) is 0 Å². The Bertz CT molecular complexity index is 319. The van der Waals surface area contributed by atoms with E-state index in [2.05, 4.69) is 16.0 Å². The number of aromatic nitrogens is 2. The molecule has 0 atom stereocenters. The Hall–Kier alpha value is -1.70. The zero-order valence-electron chi connectivity index (χ0n) is 7.14. The summed E-state index contributed by atoms with van der Waals surface area (Å²) < 4.78 is 0. The SMILES string of the molecule is [c]1ccnc(Cc2cccnc2)c1. The standard InChI is InChI=1S/C11H9N2/c1-2-7-13-11(5-1)8-10-4-3-6-12-9-10/h2-7,9H,8H2. The van der Waals surface area contributed by atoms with Crippen LogP contribution in [0, 0.1) is 6.07 Å². The smallest absolute Gasteiger partial charge is 0.0454 e. The second-order valence-corrected chi connectivity index (χ2v) is 2.79. The van der Waals surface area contributed by atoms with Gasteiger partial charge in [0.1, 0.15) is 0 Å². The van der Waals surface area contributed by atoms with Gasteiger partial charge in [-0.05, 0) is 29.8 Å². The predicted octanol–water partition coefficient (Wildman–Crippen LogP) is 1.87. The molecular weight excluding hydrogens is 160 g/mol. The molecule has 2 heteroatoms. The normalized spacial score (nSPS) is 9.85. The number of rotatable bonds is 2. The van der Waals surface area contributed by atoms with Crippen molar-refractivity contribution in [1.82, 2.24) is 9.97 Å². The van der Waals surface area contributed by atoms with Crippen molar-refractivity contribution in [1.29, 1.82) is 0 Å². The molecule has 13 heavy (non-hydrogen) atoms. The van der Waals surface area contributed by atoms with Gasteiger partial charge in [-0.3, -0.25) is 9.97 Å². The molecule has 0 aliphatic heterocycles. The average Bonchev–Trinajstić information content (AvgIpc) is 2.21. The van der Waals surface area contributed by atoms with Crippen LogP contribution in [-0.4, -0.2) is 9.97 Å². The fraction of sp³-hybridized carbons (Fsp3) is 0.0909. The Balaban J connectivity index is 2.16. The molecule has 63 valence electrons. The first-order valence-electron chi connectivity index (χ1n) is 4.15. The highest BCUT2D eigenvalue weighted by Gasteiger charge is 1.94. The van der Waals surface area contributed by atoms with E-state index in [1.807, 2.05) is 24.4 Å². The van der Waals surface area contributed by atoms with Gasteiger partial charge in [0, 0.05) is 30.7 Å². The van der Waals surface area contributed by atoms with Crippen LogP contribution in [-0.2, 0) is 6.42 Å². The lowest BCUT2D eigenvalue weighted by Gasteiger charge is -1.98. The number of pyridine rings is 2. The lowest BCUT2D eigenvalue weighted by Crippen LogP contribution is -1.91. The maximum atomic E-state index is 4.21. The van der Waals surface area contributed by atoms with Crippen LogP contribution in [0.2, 0.25) is 0 Å². The summed E-state index contributed by atoms with van der Waals surface area (Å²) in [6.07, 6.45) is 6.21. The molecule has 2 nitrogen and oxygen atoms in total. The van der Waals surface area contributed by atoms with Gasteiger partial charge in [0.2, 0.25) is 0 Å². The molecule has 2 rings (SSSR count). The van der Waals surface area contributed by atoms with Crippen molar-refractivity contribution in [3.63, 3.8) is 0 Å². The van der Waals surface area contributed by atoms with Crippen molar-refractivity contribution < 1.29 is 0 Å². The van der Waals surface area contributed by atoms with Gasteiger partial charge in [-0.2, -0.15) is 0 Å². The molecule has 2 aromatic heterocycles. The Morgan fingerprint density at radius 1 is 1.31 bits per heavy atom. The third-order valence-corrected chi connectivity index (χ3v) is 1.77. The third kappa shape index (κ3) is 2.12. The molecule has 0 aliphatic carbocycles. The highest BCUT2D eigenvalue weighted by atomic mass is 14.7. The lowest BCUT2D eigenvalue weighted by atomic mass is 10.1. The summed E-state index contributed by atoms with van der Waals surface area (Å²) >= 11 is 0. The minimum Gasteiger partial charge on any atom is -0.264 e. The average molecular weight is 169 g/mol. The van der Waals surface area contributed by atoms with Gasteiger partial charge in [-0.25, -0.2) is 0 Å². The topological polar surface area (TPSA) is 25.8 Å². The van der Waals surface area contributed by atoms with Gasteiger partial charge in [0.05, 0.1) is 0 Å². The van der Waals surface area contributed by atoms with E-state index in [1.54, 1.807) is 18.5 Å². The molecule has 2 heterocycles. The molecule has 0 aliphatic rings. The summed E-state index contributed by atoms with van der Waals surface area (Å²) in [5, 5.41) is 0. The van der Waals surface area contributed by atoms with Crippen LogP contribution in [0.25, 0.3) is 0 Å². The number of hydrogen-bond donors (Lipinski definition) is 0. The molecule has 0 aromatic carbocycles. The van der Waals surface area contributed by atoms with Crippen LogP contribution >= 0.6 is 0 Å². The summed E-state index contributed by atoms with van der Waals surface area (Å²) in [6, 6.07) is 10.7. The summed E-state index contributed by atoms with van der Waals surface area (Å²) in [4.78, 5) is 8.26. The second kappa shape index (κ2) is 3.81. The fourth-order valence-corrected chi connectivity index (χ4v) is 1.17. The van der Waals surface area contributed by atoms with Crippen molar-refractivity contribution in [3.05, 3.63) is 60.2 Å². The van der Waals surface area contributed by atoms with Crippen molar-refractivity contribution in [2.45, 2.75) is 6.42 Å². The van der Waals surface area contributed by atoms with Crippen molar-refractivity contribution in [2.24, 2.45) is 0 Å². The molecule has 1 radical (unpaired) electrons. The molecule has 0 unspecified atom stereocenters. The van der Waals surface area contributed by atoms with E-state index in [-0.39, 0.29) is 0 Å². The second-order valence-electron chi connectivity index (χ2n) is 2.79. The Labute approximate surface area is 77.3 Å². The first-order chi connectivity index (χ1) is 6.45. The Morgan fingerprint density at radius 2 is 2.31 bits per heavy atom. The van der Waals surface area contributed by atoms with Crippen LogP contribution in [0.5, 0.6) is 0 Å². The lowest BCUT2D eigenvalue weighted by molar-refractivity contribution is 1.06. The van der Waals surface area contributed by atoms with Gasteiger partial charge in [-0.15, -0.1) is 0 Å². The third-order valence-electron chi connectivity index (χ3n) is 1.77. The van der Waals surface area contributed by atoms with E-state index in [1.165, 1.54) is 5.56 Å². The maximum Gasteiger partial charge on any atom is 0.0454 e. The molecule has 0 amide bonds. The molecule has 0 saturated carbocycles. The molecule has 0 N–H and O–H groups in total. The Kier molecular flexibility index (Phi) is 2.32. The van der Waals surface area contributed by atoms with Crippen molar-refractivity contribution >= 4 is 0 Å². The van der Waals surface area contributed by atoms with Gasteiger partial charge in [0.25, 0.3) is 0 Å². The van der Waals surface area contributed by atoms with Crippen LogP contribution in [0.3, 0.4) is 0 Å². The molecule has 0 spiro atoms. The summed E-state index contributed by atoms with van der Waals surface area (Å²) in [7, 11) is 0. The van der Waals surface area contributed by atoms with Gasteiger partial charge >= 0.3 is 0 Å². The van der Waals surface area contributed by atoms with E-state index >= 15 is 0 Å². The first kappa shape index (κ1) is 7.92. The zero-order chi connectivity index (χ0) is 8.93. The Morgan fingerprint density at radius 3 is 3.00 bits per heavy atom. The van der Waals surface area contributed by atoms with Crippen LogP contribution in [0.15, 0.2) is 42.9 Å². The highest BCUT2D eigenvalue weighted by Crippen LogP contribution is 2.03. The molecular formula is C11H9N2. The fourth-order valence-electron chi connectivity index (χ4n) is 1.17. The summed E-state index contributed by atoms with van der Waals surface area (Å²) in [5.74, 6) is 0. The molecule has 0 fully saturated rings. The van der Waals surface area contributed by atoms with Crippen LogP contribution in [0.1, 0.15) is 11.3 Å². The zero-order valence-corrected chi connectivity index (χ0v) is 7.14.